The van der Waals surface area contributed by atoms with Crippen molar-refractivity contribution in [3.05, 3.63) is 62.6 Å². The second-order valence-corrected chi connectivity index (χ2v) is 6.28. The van der Waals surface area contributed by atoms with Crippen LogP contribution in [0.2, 0.25) is 5.02 Å². The molecule has 1 aliphatic carbocycles. The summed E-state index contributed by atoms with van der Waals surface area (Å²) in [6.45, 7) is 2.02. The lowest BCUT2D eigenvalue weighted by Gasteiger charge is -2.17. The Kier molecular flexibility index (Phi) is 3.55. The highest BCUT2D eigenvalue weighted by Gasteiger charge is 2.22. The van der Waals surface area contributed by atoms with Gasteiger partial charge >= 0.3 is 0 Å². The van der Waals surface area contributed by atoms with Crippen LogP contribution in [0.3, 0.4) is 0 Å². The second-order valence-electron chi connectivity index (χ2n) is 5.02. The highest BCUT2D eigenvalue weighted by Crippen LogP contribution is 2.37. The number of rotatable bonds is 2. The number of fused-ring (bicyclic) bond motifs is 1. The molecular weight excluding hydrogens is 322 g/mol. The zero-order valence-electron chi connectivity index (χ0n) is 10.7. The molecule has 0 saturated carbocycles. The van der Waals surface area contributed by atoms with E-state index in [-0.39, 0.29) is 0 Å². The van der Waals surface area contributed by atoms with E-state index in [1.807, 2.05) is 13.0 Å². The largest absolute Gasteiger partial charge is 0.377 e. The summed E-state index contributed by atoms with van der Waals surface area (Å²) in [6.07, 6.45) is 2.28. The molecule has 2 aromatic carbocycles. The van der Waals surface area contributed by atoms with Gasteiger partial charge < -0.3 is 5.32 Å². The second kappa shape index (κ2) is 5.18. The molecule has 0 radical (unpaired) electrons. The Balaban J connectivity index is 1.89. The van der Waals surface area contributed by atoms with E-state index < -0.39 is 0 Å². The fraction of sp³-hybridized carbons (Fsp3) is 0.250. The van der Waals surface area contributed by atoms with Gasteiger partial charge in [-0.3, -0.25) is 0 Å². The standard InChI is InChI=1S/C16H15BrClN/c1-10-8-13(17)16(9-14(10)18)19-15-7-6-11-4-2-3-5-12(11)15/h2-5,8-9,15,19H,6-7H2,1H3. The van der Waals surface area contributed by atoms with Crippen molar-refractivity contribution >= 4 is 33.2 Å². The summed E-state index contributed by atoms with van der Waals surface area (Å²) in [7, 11) is 0. The first-order valence-corrected chi connectivity index (χ1v) is 7.62. The average Bonchev–Trinajstić information content (AvgIpc) is 2.80. The zero-order chi connectivity index (χ0) is 13.4. The van der Waals surface area contributed by atoms with Gasteiger partial charge in [-0.2, -0.15) is 0 Å². The Morgan fingerprint density at radius 1 is 1.26 bits per heavy atom. The smallest absolute Gasteiger partial charge is 0.0520 e. The van der Waals surface area contributed by atoms with Crippen molar-refractivity contribution in [3.63, 3.8) is 0 Å². The minimum absolute atomic E-state index is 0.381. The van der Waals surface area contributed by atoms with Crippen LogP contribution in [-0.4, -0.2) is 0 Å². The summed E-state index contributed by atoms with van der Waals surface area (Å²) >= 11 is 9.82. The zero-order valence-corrected chi connectivity index (χ0v) is 13.1. The molecule has 3 rings (SSSR count). The summed E-state index contributed by atoms with van der Waals surface area (Å²) < 4.78 is 1.07. The van der Waals surface area contributed by atoms with Crippen LogP contribution in [0, 0.1) is 6.92 Å². The molecular formula is C16H15BrClN. The van der Waals surface area contributed by atoms with E-state index in [2.05, 4.69) is 51.6 Å². The van der Waals surface area contributed by atoms with Crippen LogP contribution in [-0.2, 0) is 6.42 Å². The van der Waals surface area contributed by atoms with Crippen LogP contribution in [0.1, 0.15) is 29.2 Å². The Morgan fingerprint density at radius 3 is 2.89 bits per heavy atom. The number of halogens is 2. The molecule has 0 fully saturated rings. The molecule has 0 aromatic heterocycles. The van der Waals surface area contributed by atoms with Gasteiger partial charge in [0.05, 0.1) is 11.7 Å². The third-order valence-electron chi connectivity index (χ3n) is 3.71. The maximum Gasteiger partial charge on any atom is 0.0520 e. The summed E-state index contributed by atoms with van der Waals surface area (Å²) in [5.74, 6) is 0. The van der Waals surface area contributed by atoms with Crippen molar-refractivity contribution in [2.45, 2.75) is 25.8 Å². The molecule has 1 N–H and O–H groups in total. The molecule has 0 spiro atoms. The normalized spacial score (nSPS) is 17.3. The molecule has 1 nitrogen and oxygen atoms in total. The van der Waals surface area contributed by atoms with Gasteiger partial charge in [0.1, 0.15) is 0 Å². The predicted molar refractivity (Wildman–Crippen MR) is 85.0 cm³/mol. The number of hydrogen-bond donors (Lipinski definition) is 1. The summed E-state index contributed by atoms with van der Waals surface area (Å²) in [5.41, 5.74) is 5.02. The van der Waals surface area contributed by atoms with Gasteiger partial charge in [0.2, 0.25) is 0 Å². The minimum Gasteiger partial charge on any atom is -0.377 e. The third kappa shape index (κ3) is 2.52. The molecule has 0 saturated heterocycles. The van der Waals surface area contributed by atoms with Crippen molar-refractivity contribution < 1.29 is 0 Å². The van der Waals surface area contributed by atoms with E-state index in [0.717, 1.165) is 33.6 Å². The van der Waals surface area contributed by atoms with Crippen molar-refractivity contribution in [1.29, 1.82) is 0 Å². The van der Waals surface area contributed by atoms with E-state index in [1.54, 1.807) is 0 Å². The van der Waals surface area contributed by atoms with Crippen LogP contribution in [0.5, 0.6) is 0 Å². The molecule has 1 unspecified atom stereocenters. The maximum absolute atomic E-state index is 6.21. The Bertz CT molecular complexity index is 624. The quantitative estimate of drug-likeness (QED) is 0.762. The van der Waals surface area contributed by atoms with Gasteiger partial charge in [-0.1, -0.05) is 35.9 Å². The van der Waals surface area contributed by atoms with E-state index in [1.165, 1.54) is 11.1 Å². The maximum atomic E-state index is 6.21. The molecule has 19 heavy (non-hydrogen) atoms. The van der Waals surface area contributed by atoms with Crippen LogP contribution >= 0.6 is 27.5 Å². The summed E-state index contributed by atoms with van der Waals surface area (Å²) in [5, 5.41) is 4.40. The average molecular weight is 337 g/mol. The molecule has 0 amide bonds. The molecule has 0 bridgehead atoms. The monoisotopic (exact) mass is 335 g/mol. The Hall–Kier alpha value is -0.990. The molecule has 1 atom stereocenters. The van der Waals surface area contributed by atoms with Crippen molar-refractivity contribution in [3.8, 4) is 0 Å². The first-order valence-electron chi connectivity index (χ1n) is 6.45. The van der Waals surface area contributed by atoms with Gasteiger partial charge in [-0.25, -0.2) is 0 Å². The Morgan fingerprint density at radius 2 is 2.05 bits per heavy atom. The lowest BCUT2D eigenvalue weighted by Crippen LogP contribution is -2.07. The molecule has 3 heteroatoms. The molecule has 1 aliphatic rings. The molecule has 0 aliphatic heterocycles. The molecule has 2 aromatic rings. The van der Waals surface area contributed by atoms with Crippen LogP contribution in [0.15, 0.2) is 40.9 Å². The highest BCUT2D eigenvalue weighted by molar-refractivity contribution is 9.10. The van der Waals surface area contributed by atoms with E-state index >= 15 is 0 Å². The van der Waals surface area contributed by atoms with Crippen LogP contribution in [0.25, 0.3) is 0 Å². The number of anilines is 1. The summed E-state index contributed by atoms with van der Waals surface area (Å²) in [4.78, 5) is 0. The number of aryl methyl sites for hydroxylation is 2. The SMILES string of the molecule is Cc1cc(Br)c(NC2CCc3ccccc32)cc1Cl. The number of benzene rings is 2. The van der Waals surface area contributed by atoms with E-state index in [0.29, 0.717) is 6.04 Å². The van der Waals surface area contributed by atoms with Gasteiger partial charge in [0, 0.05) is 9.50 Å². The molecule has 98 valence electrons. The molecule has 0 heterocycles. The van der Waals surface area contributed by atoms with Crippen molar-refractivity contribution in [1.82, 2.24) is 0 Å². The fourth-order valence-corrected chi connectivity index (χ4v) is 3.39. The van der Waals surface area contributed by atoms with E-state index in [4.69, 9.17) is 11.6 Å². The Labute approximate surface area is 127 Å². The van der Waals surface area contributed by atoms with Gasteiger partial charge in [0.25, 0.3) is 0 Å². The van der Waals surface area contributed by atoms with Crippen molar-refractivity contribution in [2.75, 3.05) is 5.32 Å². The van der Waals surface area contributed by atoms with Gasteiger partial charge in [0.15, 0.2) is 0 Å². The van der Waals surface area contributed by atoms with Gasteiger partial charge in [-0.15, -0.1) is 0 Å². The minimum atomic E-state index is 0.381. The van der Waals surface area contributed by atoms with Crippen LogP contribution < -0.4 is 5.32 Å². The van der Waals surface area contributed by atoms with Crippen LogP contribution in [0.4, 0.5) is 5.69 Å². The van der Waals surface area contributed by atoms with Gasteiger partial charge in [-0.05, 0) is 64.5 Å². The predicted octanol–water partition coefficient (Wildman–Crippen LogP) is 5.51. The number of hydrogen-bond acceptors (Lipinski definition) is 1. The first kappa shape index (κ1) is 13.0. The lowest BCUT2D eigenvalue weighted by atomic mass is 10.1. The summed E-state index contributed by atoms with van der Waals surface area (Å²) in [6, 6.07) is 13.1. The number of nitrogens with one attached hydrogen (secondary N) is 1. The highest BCUT2D eigenvalue weighted by atomic mass is 79.9. The first-order chi connectivity index (χ1) is 9.15. The van der Waals surface area contributed by atoms with E-state index in [9.17, 15) is 0 Å². The topological polar surface area (TPSA) is 12.0 Å². The fourth-order valence-electron chi connectivity index (χ4n) is 2.65. The third-order valence-corrected chi connectivity index (χ3v) is 4.77. The van der Waals surface area contributed by atoms with Crippen molar-refractivity contribution in [2.24, 2.45) is 0 Å². The lowest BCUT2D eigenvalue weighted by molar-refractivity contribution is 0.761.